The molecule has 0 aliphatic rings. The van der Waals surface area contributed by atoms with Gasteiger partial charge in [0.25, 0.3) is 0 Å². The molecule has 5 heteroatoms. The Labute approximate surface area is 84.7 Å². The minimum Gasteiger partial charge on any atom is -0.434 e. The van der Waals surface area contributed by atoms with E-state index in [1.165, 1.54) is 19.1 Å². The van der Waals surface area contributed by atoms with E-state index in [0.717, 1.165) is 0 Å². The maximum atomic E-state index is 12.0. The van der Waals surface area contributed by atoms with Gasteiger partial charge in [-0.05, 0) is 12.5 Å². The van der Waals surface area contributed by atoms with E-state index in [9.17, 15) is 18.4 Å². The Morgan fingerprint density at radius 2 is 1.93 bits per heavy atom. The van der Waals surface area contributed by atoms with E-state index in [2.05, 4.69) is 4.74 Å². The SMILES string of the molecule is Cc1ccc(C=O)c(C=O)c1OC(F)F. The minimum atomic E-state index is -3.02. The van der Waals surface area contributed by atoms with Crippen LogP contribution in [0.25, 0.3) is 0 Å². The summed E-state index contributed by atoms with van der Waals surface area (Å²) in [6, 6.07) is 2.82. The first-order valence-electron chi connectivity index (χ1n) is 4.09. The lowest BCUT2D eigenvalue weighted by molar-refractivity contribution is -0.0505. The number of carbonyl (C=O) groups is 2. The number of hydrogen-bond acceptors (Lipinski definition) is 3. The first kappa shape index (κ1) is 11.3. The molecule has 0 heterocycles. The number of halogens is 2. The van der Waals surface area contributed by atoms with Crippen LogP contribution < -0.4 is 4.74 Å². The maximum absolute atomic E-state index is 12.0. The van der Waals surface area contributed by atoms with Gasteiger partial charge in [0.2, 0.25) is 0 Å². The minimum absolute atomic E-state index is 0.0336. The van der Waals surface area contributed by atoms with Crippen molar-refractivity contribution in [3.63, 3.8) is 0 Å². The molecule has 0 unspecified atom stereocenters. The van der Waals surface area contributed by atoms with Crippen molar-refractivity contribution in [1.29, 1.82) is 0 Å². The number of ether oxygens (including phenoxy) is 1. The van der Waals surface area contributed by atoms with Gasteiger partial charge in [-0.1, -0.05) is 12.1 Å². The van der Waals surface area contributed by atoms with Crippen LogP contribution in [0, 0.1) is 6.92 Å². The van der Waals surface area contributed by atoms with E-state index in [-0.39, 0.29) is 16.9 Å². The number of aryl methyl sites for hydroxylation is 1. The second-order valence-corrected chi connectivity index (χ2v) is 2.83. The Balaban J connectivity index is 3.31. The third kappa shape index (κ3) is 2.37. The second kappa shape index (κ2) is 4.63. The average molecular weight is 214 g/mol. The van der Waals surface area contributed by atoms with E-state index in [1.54, 1.807) is 0 Å². The summed E-state index contributed by atoms with van der Waals surface area (Å²) in [6.07, 6.45) is 0.746. The topological polar surface area (TPSA) is 43.4 Å². The van der Waals surface area contributed by atoms with Crippen LogP contribution in [0.1, 0.15) is 26.3 Å². The molecule has 1 aromatic rings. The quantitative estimate of drug-likeness (QED) is 0.722. The van der Waals surface area contributed by atoms with Crippen molar-refractivity contribution in [2.24, 2.45) is 0 Å². The van der Waals surface area contributed by atoms with Gasteiger partial charge in [0, 0.05) is 5.56 Å². The van der Waals surface area contributed by atoms with Crippen molar-refractivity contribution < 1.29 is 23.1 Å². The summed E-state index contributed by atoms with van der Waals surface area (Å²) in [4.78, 5) is 21.2. The van der Waals surface area contributed by atoms with Crippen LogP contribution in [0.4, 0.5) is 8.78 Å². The van der Waals surface area contributed by atoms with Crippen LogP contribution in [-0.2, 0) is 0 Å². The third-order valence-electron chi connectivity index (χ3n) is 1.88. The number of alkyl halides is 2. The first-order valence-corrected chi connectivity index (χ1v) is 4.09. The summed E-state index contributed by atoms with van der Waals surface area (Å²) in [5.74, 6) is -0.246. The standard InChI is InChI=1S/C10H8F2O3/c1-6-2-3-7(4-13)8(5-14)9(6)15-10(11)12/h2-5,10H,1H3. The van der Waals surface area contributed by atoms with Gasteiger partial charge >= 0.3 is 6.61 Å². The Morgan fingerprint density at radius 1 is 1.27 bits per heavy atom. The zero-order valence-electron chi connectivity index (χ0n) is 7.87. The van der Waals surface area contributed by atoms with Gasteiger partial charge in [-0.3, -0.25) is 9.59 Å². The van der Waals surface area contributed by atoms with Crippen LogP contribution >= 0.6 is 0 Å². The molecule has 0 spiro atoms. The predicted octanol–water partition coefficient (Wildman–Crippen LogP) is 2.22. The molecule has 0 saturated carbocycles. The fourth-order valence-electron chi connectivity index (χ4n) is 1.19. The Morgan fingerprint density at radius 3 is 2.40 bits per heavy atom. The molecule has 0 aliphatic heterocycles. The van der Waals surface area contributed by atoms with E-state index >= 15 is 0 Å². The van der Waals surface area contributed by atoms with Crippen molar-refractivity contribution in [3.05, 3.63) is 28.8 Å². The van der Waals surface area contributed by atoms with E-state index in [4.69, 9.17) is 0 Å². The van der Waals surface area contributed by atoms with Crippen LogP contribution in [0.5, 0.6) is 5.75 Å². The Kier molecular flexibility index (Phi) is 3.49. The van der Waals surface area contributed by atoms with Crippen molar-refractivity contribution in [1.82, 2.24) is 0 Å². The van der Waals surface area contributed by atoms with E-state index < -0.39 is 6.61 Å². The summed E-state index contributed by atoms with van der Waals surface area (Å²) in [7, 11) is 0. The molecular formula is C10H8F2O3. The smallest absolute Gasteiger partial charge is 0.387 e. The Bertz CT molecular complexity index is 388. The summed E-state index contributed by atoms with van der Waals surface area (Å²) in [5, 5.41) is 0. The van der Waals surface area contributed by atoms with Gasteiger partial charge in [0.05, 0.1) is 5.56 Å². The third-order valence-corrected chi connectivity index (χ3v) is 1.88. The van der Waals surface area contributed by atoms with Crippen molar-refractivity contribution in [2.45, 2.75) is 13.5 Å². The molecule has 80 valence electrons. The molecule has 0 aromatic heterocycles. The van der Waals surface area contributed by atoms with E-state index in [0.29, 0.717) is 18.1 Å². The zero-order valence-corrected chi connectivity index (χ0v) is 7.87. The lowest BCUT2D eigenvalue weighted by Gasteiger charge is -2.11. The monoisotopic (exact) mass is 214 g/mol. The summed E-state index contributed by atoms with van der Waals surface area (Å²) < 4.78 is 28.2. The van der Waals surface area contributed by atoms with Crippen LogP contribution in [0.3, 0.4) is 0 Å². The van der Waals surface area contributed by atoms with E-state index in [1.807, 2.05) is 0 Å². The molecule has 0 amide bonds. The van der Waals surface area contributed by atoms with Crippen molar-refractivity contribution >= 4 is 12.6 Å². The number of benzene rings is 1. The summed E-state index contributed by atoms with van der Waals surface area (Å²) in [5.41, 5.74) is 0.263. The van der Waals surface area contributed by atoms with Gasteiger partial charge in [-0.15, -0.1) is 0 Å². The Hall–Kier alpha value is -1.78. The average Bonchev–Trinajstić information content (AvgIpc) is 2.20. The summed E-state index contributed by atoms with van der Waals surface area (Å²) >= 11 is 0. The molecule has 0 radical (unpaired) electrons. The number of rotatable bonds is 4. The lowest BCUT2D eigenvalue weighted by atomic mass is 10.0. The second-order valence-electron chi connectivity index (χ2n) is 2.83. The molecule has 0 fully saturated rings. The van der Waals surface area contributed by atoms with Crippen LogP contribution in [0.2, 0.25) is 0 Å². The highest BCUT2D eigenvalue weighted by atomic mass is 19.3. The molecular weight excluding hydrogens is 206 g/mol. The molecule has 3 nitrogen and oxygen atoms in total. The number of aldehydes is 2. The summed E-state index contributed by atoms with van der Waals surface area (Å²) in [6.45, 7) is -1.51. The largest absolute Gasteiger partial charge is 0.434 e. The molecule has 1 rings (SSSR count). The molecule has 15 heavy (non-hydrogen) atoms. The van der Waals surface area contributed by atoms with Gasteiger partial charge in [-0.2, -0.15) is 8.78 Å². The first-order chi connectivity index (χ1) is 7.10. The molecule has 0 saturated heterocycles. The maximum Gasteiger partial charge on any atom is 0.387 e. The highest BCUT2D eigenvalue weighted by Gasteiger charge is 2.15. The van der Waals surface area contributed by atoms with Crippen molar-refractivity contribution in [3.8, 4) is 5.75 Å². The number of carbonyl (C=O) groups excluding carboxylic acids is 2. The fraction of sp³-hybridized carbons (Fsp3) is 0.200. The predicted molar refractivity (Wildman–Crippen MR) is 48.6 cm³/mol. The molecule has 0 bridgehead atoms. The van der Waals surface area contributed by atoms with Crippen molar-refractivity contribution in [2.75, 3.05) is 0 Å². The van der Waals surface area contributed by atoms with Gasteiger partial charge in [0.15, 0.2) is 12.6 Å². The van der Waals surface area contributed by atoms with Crippen LogP contribution in [0.15, 0.2) is 12.1 Å². The lowest BCUT2D eigenvalue weighted by Crippen LogP contribution is -2.07. The fourth-order valence-corrected chi connectivity index (χ4v) is 1.19. The molecule has 0 aliphatic carbocycles. The van der Waals surface area contributed by atoms with Crippen LogP contribution in [-0.4, -0.2) is 19.2 Å². The molecule has 1 aromatic carbocycles. The highest BCUT2D eigenvalue weighted by Crippen LogP contribution is 2.26. The highest BCUT2D eigenvalue weighted by molar-refractivity contribution is 5.93. The van der Waals surface area contributed by atoms with Gasteiger partial charge in [-0.25, -0.2) is 0 Å². The van der Waals surface area contributed by atoms with Gasteiger partial charge < -0.3 is 4.74 Å². The zero-order chi connectivity index (χ0) is 11.4. The molecule has 0 N–H and O–H groups in total. The normalized spacial score (nSPS) is 10.1. The molecule has 0 atom stereocenters. The number of hydrogen-bond donors (Lipinski definition) is 0. The van der Waals surface area contributed by atoms with Gasteiger partial charge in [0.1, 0.15) is 5.75 Å².